The van der Waals surface area contributed by atoms with Crippen molar-refractivity contribution in [1.29, 1.82) is 0 Å². The van der Waals surface area contributed by atoms with Gasteiger partial charge in [0.2, 0.25) is 0 Å². The highest BCUT2D eigenvalue weighted by atomic mass is 79.9. The number of aromatic hydroxyl groups is 2. The van der Waals surface area contributed by atoms with Gasteiger partial charge in [-0.15, -0.1) is 0 Å². The smallest absolute Gasteiger partial charge is 0.278 e. The van der Waals surface area contributed by atoms with E-state index >= 15 is 0 Å². The van der Waals surface area contributed by atoms with Crippen molar-refractivity contribution in [3.05, 3.63) is 80.9 Å². The van der Waals surface area contributed by atoms with Crippen LogP contribution >= 0.6 is 15.9 Å². The standard InChI is InChI=1S/C19H14BrN3O3/c20-17-18-22-15(9-11-1-5-13(24)6-2-11)19(26)23(18)10-16(21-17)12-3-7-14(25)8-4-12/h1-8,10,21,24-25H,9H2. The van der Waals surface area contributed by atoms with Crippen molar-refractivity contribution in [2.45, 2.75) is 6.42 Å². The summed E-state index contributed by atoms with van der Waals surface area (Å²) in [7, 11) is 0. The van der Waals surface area contributed by atoms with Gasteiger partial charge in [0, 0.05) is 12.6 Å². The number of nitrogens with zero attached hydrogens (tertiary/aromatic N) is 2. The Balaban J connectivity index is 1.78. The number of benzene rings is 2. The minimum Gasteiger partial charge on any atom is -0.508 e. The van der Waals surface area contributed by atoms with Crippen LogP contribution in [0.5, 0.6) is 11.5 Å². The molecule has 0 unspecified atom stereocenters. The number of phenols is 2. The van der Waals surface area contributed by atoms with Crippen LogP contribution in [0.4, 0.5) is 0 Å². The maximum Gasteiger partial charge on any atom is 0.278 e. The maximum atomic E-state index is 12.8. The lowest BCUT2D eigenvalue weighted by molar-refractivity contribution is 0.474. The van der Waals surface area contributed by atoms with Gasteiger partial charge in [-0.1, -0.05) is 12.1 Å². The average molecular weight is 412 g/mol. The van der Waals surface area contributed by atoms with Crippen LogP contribution in [0.15, 0.2) is 64.1 Å². The Labute approximate surface area is 156 Å². The van der Waals surface area contributed by atoms with Gasteiger partial charge in [-0.2, -0.15) is 0 Å². The summed E-state index contributed by atoms with van der Waals surface area (Å²) in [4.78, 5) is 20.4. The molecule has 130 valence electrons. The van der Waals surface area contributed by atoms with E-state index in [1.807, 2.05) is 0 Å². The Hall–Kier alpha value is -3.06. The van der Waals surface area contributed by atoms with Crippen LogP contribution in [0.25, 0.3) is 17.1 Å². The second kappa shape index (κ2) is 6.34. The molecule has 0 saturated heterocycles. The van der Waals surface area contributed by atoms with Crippen LogP contribution in [0.3, 0.4) is 0 Å². The third-order valence-corrected chi connectivity index (χ3v) is 4.67. The lowest BCUT2D eigenvalue weighted by atomic mass is 10.1. The predicted octanol–water partition coefficient (Wildman–Crippen LogP) is 3.43. The van der Waals surface area contributed by atoms with Gasteiger partial charge in [-0.25, -0.2) is 4.98 Å². The van der Waals surface area contributed by atoms with Gasteiger partial charge >= 0.3 is 0 Å². The van der Waals surface area contributed by atoms with E-state index in [2.05, 4.69) is 25.9 Å². The second-order valence-electron chi connectivity index (χ2n) is 5.93. The Bertz CT molecular complexity index is 1100. The number of nitrogens with one attached hydrogen (secondary N) is 1. The van der Waals surface area contributed by atoms with E-state index in [0.717, 1.165) is 16.8 Å². The number of imidazole rings is 1. The third-order valence-electron chi connectivity index (χ3n) is 4.12. The summed E-state index contributed by atoms with van der Waals surface area (Å²) >= 11 is 3.44. The summed E-state index contributed by atoms with van der Waals surface area (Å²) in [5.74, 6) is 0.866. The molecule has 0 spiro atoms. The van der Waals surface area contributed by atoms with Gasteiger partial charge in [0.25, 0.3) is 5.56 Å². The third kappa shape index (κ3) is 2.97. The molecular weight excluding hydrogens is 398 g/mol. The van der Waals surface area contributed by atoms with E-state index in [1.165, 1.54) is 4.57 Å². The topological polar surface area (TPSA) is 91.1 Å². The van der Waals surface area contributed by atoms with Crippen molar-refractivity contribution in [3.8, 4) is 28.6 Å². The minimum atomic E-state index is -0.192. The first-order chi connectivity index (χ1) is 12.5. The minimum absolute atomic E-state index is 0.178. The number of fused-ring (bicyclic) bond motifs is 1. The summed E-state index contributed by atoms with van der Waals surface area (Å²) in [5, 5.41) is 18.8. The zero-order chi connectivity index (χ0) is 18.3. The van der Waals surface area contributed by atoms with Gasteiger partial charge in [0.15, 0.2) is 5.82 Å². The first-order valence-corrected chi connectivity index (χ1v) is 8.67. The van der Waals surface area contributed by atoms with Crippen LogP contribution in [-0.2, 0) is 6.42 Å². The number of phenolic OH excluding ortho intramolecular Hbond substituents is 2. The molecule has 2 aliphatic heterocycles. The van der Waals surface area contributed by atoms with Crippen LogP contribution < -0.4 is 5.56 Å². The number of H-pyrrole nitrogens is 1. The summed E-state index contributed by atoms with van der Waals surface area (Å²) in [6, 6.07) is 13.4. The largest absolute Gasteiger partial charge is 0.508 e. The summed E-state index contributed by atoms with van der Waals surface area (Å²) in [5.41, 5.74) is 2.67. The number of hydrogen-bond acceptors (Lipinski definition) is 4. The van der Waals surface area contributed by atoms with Gasteiger partial charge in [0.1, 0.15) is 21.8 Å². The summed E-state index contributed by atoms with van der Waals surface area (Å²) in [6.45, 7) is 0. The Kier molecular flexibility index (Phi) is 4.00. The zero-order valence-electron chi connectivity index (χ0n) is 13.5. The fourth-order valence-corrected chi connectivity index (χ4v) is 3.28. The predicted molar refractivity (Wildman–Crippen MR) is 101 cm³/mol. The molecule has 0 amide bonds. The normalized spacial score (nSPS) is 11.1. The average Bonchev–Trinajstić information content (AvgIpc) is 2.94. The van der Waals surface area contributed by atoms with Gasteiger partial charge < -0.3 is 15.2 Å². The van der Waals surface area contributed by atoms with E-state index in [0.29, 0.717) is 22.5 Å². The quantitative estimate of drug-likeness (QED) is 0.481. The van der Waals surface area contributed by atoms with Crippen LogP contribution in [0.2, 0.25) is 0 Å². The highest BCUT2D eigenvalue weighted by Gasteiger charge is 2.19. The van der Waals surface area contributed by atoms with E-state index in [-0.39, 0.29) is 17.1 Å². The van der Waals surface area contributed by atoms with Crippen molar-refractivity contribution in [2.75, 3.05) is 0 Å². The molecule has 26 heavy (non-hydrogen) atoms. The number of aromatic nitrogens is 3. The summed E-state index contributed by atoms with van der Waals surface area (Å²) < 4.78 is 2.09. The highest BCUT2D eigenvalue weighted by Crippen LogP contribution is 2.26. The fourth-order valence-electron chi connectivity index (χ4n) is 2.78. The van der Waals surface area contributed by atoms with Crippen molar-refractivity contribution >= 4 is 15.9 Å². The zero-order valence-corrected chi connectivity index (χ0v) is 15.1. The van der Waals surface area contributed by atoms with Crippen molar-refractivity contribution < 1.29 is 10.2 Å². The molecule has 7 heteroatoms. The number of rotatable bonds is 3. The van der Waals surface area contributed by atoms with Gasteiger partial charge in [-0.05, 0) is 63.5 Å². The molecule has 0 aromatic heterocycles. The molecule has 2 aliphatic rings. The first-order valence-electron chi connectivity index (χ1n) is 7.88. The molecule has 4 rings (SSSR count). The van der Waals surface area contributed by atoms with Crippen LogP contribution in [-0.4, -0.2) is 24.7 Å². The summed E-state index contributed by atoms with van der Waals surface area (Å²) in [6.07, 6.45) is 2.07. The van der Waals surface area contributed by atoms with E-state index < -0.39 is 0 Å². The van der Waals surface area contributed by atoms with Crippen LogP contribution in [0, 0.1) is 0 Å². The van der Waals surface area contributed by atoms with Crippen molar-refractivity contribution in [3.63, 3.8) is 0 Å². The maximum absolute atomic E-state index is 12.8. The van der Waals surface area contributed by atoms with Crippen LogP contribution in [0.1, 0.15) is 11.3 Å². The molecule has 0 bridgehead atoms. The molecule has 6 nitrogen and oxygen atoms in total. The van der Waals surface area contributed by atoms with Gasteiger partial charge in [-0.3, -0.25) is 9.36 Å². The van der Waals surface area contributed by atoms with E-state index in [1.54, 1.807) is 54.7 Å². The van der Waals surface area contributed by atoms with Crippen molar-refractivity contribution in [2.24, 2.45) is 0 Å². The SMILES string of the molecule is O=c1c(Cc2ccc(O)cc2)nc2c(Br)[nH]c(-c3ccc(O)cc3)cn1-2. The first kappa shape index (κ1) is 16.4. The lowest BCUT2D eigenvalue weighted by Crippen LogP contribution is -2.16. The van der Waals surface area contributed by atoms with E-state index in [4.69, 9.17) is 0 Å². The second-order valence-corrected chi connectivity index (χ2v) is 6.72. The number of aromatic amines is 1. The molecule has 0 aliphatic carbocycles. The van der Waals surface area contributed by atoms with E-state index in [9.17, 15) is 15.0 Å². The van der Waals surface area contributed by atoms with Gasteiger partial charge in [0.05, 0.1) is 5.69 Å². The Morgan fingerprint density at radius 2 is 1.62 bits per heavy atom. The number of halogens is 1. The molecule has 0 atom stereocenters. The monoisotopic (exact) mass is 411 g/mol. The Morgan fingerprint density at radius 3 is 2.27 bits per heavy atom. The fraction of sp³-hybridized carbons (Fsp3) is 0.0526. The molecule has 0 saturated carbocycles. The molecule has 2 aromatic rings. The molecule has 2 aromatic carbocycles. The molecule has 3 N–H and O–H groups in total. The molecule has 0 radical (unpaired) electrons. The molecule has 2 heterocycles. The molecule has 0 fully saturated rings. The molecular formula is C19H14BrN3O3. The lowest BCUT2D eigenvalue weighted by Gasteiger charge is -2.09. The highest BCUT2D eigenvalue weighted by molar-refractivity contribution is 9.10. The Morgan fingerprint density at radius 1 is 1.00 bits per heavy atom. The number of hydrogen-bond donors (Lipinski definition) is 3. The van der Waals surface area contributed by atoms with Crippen molar-refractivity contribution in [1.82, 2.24) is 14.5 Å².